The topological polar surface area (TPSA) is 68.2 Å². The van der Waals surface area contributed by atoms with Crippen molar-refractivity contribution in [3.05, 3.63) is 50.7 Å². The second-order valence-electron chi connectivity index (χ2n) is 8.33. The molecule has 0 saturated heterocycles. The summed E-state index contributed by atoms with van der Waals surface area (Å²) in [5.74, 6) is -0.357. The summed E-state index contributed by atoms with van der Waals surface area (Å²) < 4.78 is 8.66. The Labute approximate surface area is 201 Å². The van der Waals surface area contributed by atoms with Gasteiger partial charge in [-0.05, 0) is 40.2 Å². The minimum absolute atomic E-state index is 0.357. The summed E-state index contributed by atoms with van der Waals surface area (Å²) in [6.07, 6.45) is 1.54. The molecule has 3 rings (SSSR count). The number of aromatic nitrogens is 2. The third kappa shape index (κ3) is 5.62. The third-order valence-electron chi connectivity index (χ3n) is 4.79. The average Bonchev–Trinajstić information content (AvgIpc) is 3.01. The molecule has 0 bridgehead atoms. The van der Waals surface area contributed by atoms with Crippen molar-refractivity contribution in [1.29, 1.82) is 0 Å². The summed E-state index contributed by atoms with van der Waals surface area (Å²) in [7, 11) is 0.611. The molecule has 0 atom stereocenters. The van der Waals surface area contributed by atoms with Crippen LogP contribution in [0.2, 0.25) is 35.7 Å². The van der Waals surface area contributed by atoms with Crippen LogP contribution < -0.4 is 10.6 Å². The van der Waals surface area contributed by atoms with Crippen LogP contribution in [0, 0.1) is 0 Å². The highest BCUT2D eigenvalue weighted by atomic mass is 79.9. The van der Waals surface area contributed by atoms with E-state index in [-0.39, 0.29) is 5.91 Å². The first-order chi connectivity index (χ1) is 14.6. The minimum atomic E-state index is -1.16. The lowest BCUT2D eigenvalue weighted by Crippen LogP contribution is -2.22. The normalized spacial score (nSPS) is 11.7. The highest BCUT2D eigenvalue weighted by Gasteiger charge is 2.20. The fourth-order valence-corrected chi connectivity index (χ4v) is 4.81. The molecule has 6 nitrogen and oxygen atoms in total. The van der Waals surface area contributed by atoms with E-state index in [2.05, 4.69) is 51.2 Å². The second-order valence-corrected chi connectivity index (χ2v) is 15.6. The van der Waals surface area contributed by atoms with Crippen molar-refractivity contribution in [2.24, 2.45) is 0 Å². The van der Waals surface area contributed by atoms with Crippen molar-refractivity contribution in [3.8, 4) is 0 Å². The predicted octanol–water partition coefficient (Wildman–Crippen LogP) is 6.71. The molecule has 0 saturated carbocycles. The van der Waals surface area contributed by atoms with Crippen LogP contribution in [0.5, 0.6) is 0 Å². The Bertz CT molecular complexity index is 1090. The van der Waals surface area contributed by atoms with Gasteiger partial charge in [0.25, 0.3) is 5.91 Å². The lowest BCUT2D eigenvalue weighted by Gasteiger charge is -2.16. The lowest BCUT2D eigenvalue weighted by atomic mass is 10.1. The number of nitrogens with zero attached hydrogens (tertiary/aromatic N) is 2. The van der Waals surface area contributed by atoms with Crippen LogP contribution in [-0.4, -0.2) is 37.2 Å². The second kappa shape index (κ2) is 9.91. The van der Waals surface area contributed by atoms with Crippen LogP contribution in [0.4, 0.5) is 11.4 Å². The van der Waals surface area contributed by atoms with Crippen molar-refractivity contribution in [2.45, 2.75) is 32.4 Å². The lowest BCUT2D eigenvalue weighted by molar-refractivity contribution is 0.0885. The van der Waals surface area contributed by atoms with Gasteiger partial charge in [0, 0.05) is 33.3 Å². The molecule has 2 heterocycles. The number of amides is 1. The largest absolute Gasteiger partial charge is 0.387 e. The van der Waals surface area contributed by atoms with Gasteiger partial charge >= 0.3 is 0 Å². The van der Waals surface area contributed by atoms with Gasteiger partial charge in [0.05, 0.1) is 31.6 Å². The number of benzene rings is 1. The quantitative estimate of drug-likeness (QED) is 0.244. The number of nitrogens with one attached hydrogen (secondary N) is 2. The van der Waals surface area contributed by atoms with Crippen LogP contribution in [0.1, 0.15) is 10.4 Å². The molecule has 3 aromatic rings. The molecular formula is C21H25BrCl2N4O2Si. The van der Waals surface area contributed by atoms with Crippen LogP contribution in [0.15, 0.2) is 35.1 Å². The van der Waals surface area contributed by atoms with Crippen LogP contribution in [0.3, 0.4) is 0 Å². The van der Waals surface area contributed by atoms with Gasteiger partial charge in [-0.2, -0.15) is 0 Å². The molecule has 10 heteroatoms. The number of anilines is 2. The van der Waals surface area contributed by atoms with Crippen molar-refractivity contribution in [1.82, 2.24) is 9.55 Å². The Hall–Kier alpha value is -1.58. The predicted molar refractivity (Wildman–Crippen MR) is 135 cm³/mol. The van der Waals surface area contributed by atoms with E-state index in [0.29, 0.717) is 40.3 Å². The molecule has 0 unspecified atom stereocenters. The molecule has 1 aromatic carbocycles. The fraction of sp³-hybridized carbons (Fsp3) is 0.333. The van der Waals surface area contributed by atoms with Crippen molar-refractivity contribution in [2.75, 3.05) is 24.3 Å². The third-order valence-corrected chi connectivity index (χ3v) is 7.78. The summed E-state index contributed by atoms with van der Waals surface area (Å²) in [5, 5.41) is 7.45. The highest BCUT2D eigenvalue weighted by Crippen LogP contribution is 2.34. The van der Waals surface area contributed by atoms with E-state index in [4.69, 9.17) is 27.9 Å². The van der Waals surface area contributed by atoms with E-state index in [1.54, 1.807) is 31.4 Å². The number of halogens is 3. The number of hydrogen-bond acceptors (Lipinski definition) is 4. The zero-order valence-electron chi connectivity index (χ0n) is 17.9. The monoisotopic (exact) mass is 542 g/mol. The summed E-state index contributed by atoms with van der Waals surface area (Å²) in [6, 6.07) is 8.08. The van der Waals surface area contributed by atoms with Gasteiger partial charge in [0.15, 0.2) is 0 Å². The molecule has 0 fully saturated rings. The number of fused-ring (bicyclic) bond motifs is 1. The Balaban J connectivity index is 1.88. The molecule has 2 N–H and O–H groups in total. The summed E-state index contributed by atoms with van der Waals surface area (Å²) in [4.78, 5) is 17.5. The number of carbonyl (C=O) groups is 1. The molecular weight excluding hydrogens is 519 g/mol. The van der Waals surface area contributed by atoms with Crippen LogP contribution in [0.25, 0.3) is 11.0 Å². The Morgan fingerprint density at radius 2 is 1.90 bits per heavy atom. The first kappa shape index (κ1) is 24.1. The van der Waals surface area contributed by atoms with E-state index >= 15 is 0 Å². The van der Waals surface area contributed by atoms with E-state index in [9.17, 15) is 4.79 Å². The number of rotatable bonds is 8. The van der Waals surface area contributed by atoms with Gasteiger partial charge in [-0.3, -0.25) is 9.36 Å². The smallest absolute Gasteiger partial charge is 0.259 e. The molecule has 166 valence electrons. The van der Waals surface area contributed by atoms with Gasteiger partial charge in [-0.1, -0.05) is 48.9 Å². The van der Waals surface area contributed by atoms with Crippen molar-refractivity contribution < 1.29 is 9.53 Å². The van der Waals surface area contributed by atoms with Gasteiger partial charge in [-0.15, -0.1) is 0 Å². The number of carbonyl (C=O) groups excluding carboxylic acids is 1. The van der Waals surface area contributed by atoms with E-state index in [1.165, 1.54) is 0 Å². The van der Waals surface area contributed by atoms with E-state index < -0.39 is 8.07 Å². The molecule has 0 aliphatic heterocycles. The van der Waals surface area contributed by atoms with Gasteiger partial charge in [0.1, 0.15) is 12.4 Å². The Morgan fingerprint density at radius 1 is 1.23 bits per heavy atom. The standard InChI is InChI=1S/C21H25BrCl2N4O2Si/c1-25-18-13-10-17(22)28(12-30-8-9-31(2,3)4)20(13)26-11-14(18)21(29)27-19-15(23)6-5-7-16(19)24/h5-7,10-11H,8-9,12H2,1-4H3,(H,25,26)(H,27,29). The first-order valence-corrected chi connectivity index (χ1v) is 15.1. The highest BCUT2D eigenvalue weighted by molar-refractivity contribution is 9.10. The maximum absolute atomic E-state index is 13.0. The number of ether oxygens (including phenoxy) is 1. The Morgan fingerprint density at radius 3 is 2.52 bits per heavy atom. The summed E-state index contributed by atoms with van der Waals surface area (Å²) >= 11 is 16.0. The van der Waals surface area contributed by atoms with E-state index in [1.807, 2.05) is 10.6 Å². The van der Waals surface area contributed by atoms with Gasteiger partial charge in [-0.25, -0.2) is 4.98 Å². The summed E-state index contributed by atoms with van der Waals surface area (Å²) in [5.41, 5.74) is 2.13. The maximum Gasteiger partial charge on any atom is 0.259 e. The molecule has 0 spiro atoms. The van der Waals surface area contributed by atoms with Crippen LogP contribution >= 0.6 is 39.1 Å². The van der Waals surface area contributed by atoms with Crippen LogP contribution in [-0.2, 0) is 11.5 Å². The number of para-hydroxylation sites is 1. The molecule has 0 aliphatic carbocycles. The molecule has 1 amide bonds. The van der Waals surface area contributed by atoms with Crippen molar-refractivity contribution in [3.63, 3.8) is 0 Å². The minimum Gasteiger partial charge on any atom is -0.387 e. The fourth-order valence-electron chi connectivity index (χ4n) is 3.06. The number of hydrogen-bond donors (Lipinski definition) is 2. The molecule has 0 radical (unpaired) electrons. The number of pyridine rings is 1. The first-order valence-electron chi connectivity index (χ1n) is 9.81. The maximum atomic E-state index is 13.0. The Kier molecular flexibility index (Phi) is 7.70. The van der Waals surface area contributed by atoms with Gasteiger partial charge < -0.3 is 15.4 Å². The molecule has 0 aliphatic rings. The SMILES string of the molecule is CNc1c(C(=O)Nc2c(Cl)cccc2Cl)cnc2c1cc(Br)n2COCC[Si](C)(C)C. The van der Waals surface area contributed by atoms with E-state index in [0.717, 1.165) is 21.7 Å². The molecule has 31 heavy (non-hydrogen) atoms. The zero-order chi connectivity index (χ0) is 22.8. The van der Waals surface area contributed by atoms with Gasteiger partial charge in [0.2, 0.25) is 0 Å². The van der Waals surface area contributed by atoms with Crippen molar-refractivity contribution >= 4 is 75.5 Å². The summed E-state index contributed by atoms with van der Waals surface area (Å²) in [6.45, 7) is 8.05. The molecule has 2 aromatic heterocycles. The zero-order valence-corrected chi connectivity index (χ0v) is 22.0. The average molecular weight is 544 g/mol.